The standard InChI is InChI=1S/C14H30N4.HI/c1-5-18(6-2)12(3)11-16-14(15-4)17-13-9-7-8-10-13;/h12-13H,5-11H2,1-4H3,(H2,15,16,17);1H. The average molecular weight is 382 g/mol. The second kappa shape index (κ2) is 10.7. The molecule has 0 aromatic carbocycles. The molecule has 1 unspecified atom stereocenters. The molecule has 0 amide bonds. The zero-order valence-electron chi connectivity index (χ0n) is 12.9. The molecule has 0 radical (unpaired) electrons. The lowest BCUT2D eigenvalue weighted by molar-refractivity contribution is 0.231. The van der Waals surface area contributed by atoms with E-state index in [9.17, 15) is 0 Å². The van der Waals surface area contributed by atoms with Crippen LogP contribution in [0.2, 0.25) is 0 Å². The van der Waals surface area contributed by atoms with Gasteiger partial charge in [-0.1, -0.05) is 26.7 Å². The maximum absolute atomic E-state index is 4.31. The third kappa shape index (κ3) is 6.79. The molecule has 0 saturated heterocycles. The molecule has 0 bridgehead atoms. The van der Waals surface area contributed by atoms with Crippen LogP contribution in [-0.2, 0) is 0 Å². The van der Waals surface area contributed by atoms with Gasteiger partial charge in [-0.05, 0) is 32.9 Å². The molecule has 5 heteroatoms. The fourth-order valence-electron chi connectivity index (χ4n) is 2.68. The van der Waals surface area contributed by atoms with Crippen molar-refractivity contribution in [3.05, 3.63) is 0 Å². The smallest absolute Gasteiger partial charge is 0.191 e. The van der Waals surface area contributed by atoms with E-state index in [1.807, 2.05) is 7.05 Å². The molecule has 0 aliphatic heterocycles. The van der Waals surface area contributed by atoms with Gasteiger partial charge in [0.15, 0.2) is 5.96 Å². The Labute approximate surface area is 135 Å². The molecule has 1 atom stereocenters. The van der Waals surface area contributed by atoms with Gasteiger partial charge in [-0.3, -0.25) is 9.89 Å². The lowest BCUT2D eigenvalue weighted by atomic mass is 10.2. The van der Waals surface area contributed by atoms with Gasteiger partial charge in [-0.2, -0.15) is 0 Å². The Hall–Kier alpha value is -0.0400. The predicted octanol–water partition coefficient (Wildman–Crippen LogP) is 2.44. The maximum atomic E-state index is 4.31. The van der Waals surface area contributed by atoms with Crippen LogP contribution in [-0.4, -0.2) is 49.6 Å². The first-order chi connectivity index (χ1) is 8.71. The van der Waals surface area contributed by atoms with Crippen LogP contribution in [0.4, 0.5) is 0 Å². The number of nitrogens with zero attached hydrogens (tertiary/aromatic N) is 2. The van der Waals surface area contributed by atoms with Crippen LogP contribution < -0.4 is 10.6 Å². The van der Waals surface area contributed by atoms with Crippen LogP contribution in [0.1, 0.15) is 46.5 Å². The number of halogens is 1. The first-order valence-electron chi connectivity index (χ1n) is 7.42. The first-order valence-corrected chi connectivity index (χ1v) is 7.42. The highest BCUT2D eigenvalue weighted by atomic mass is 127. The number of rotatable bonds is 6. The van der Waals surface area contributed by atoms with Crippen molar-refractivity contribution in [1.82, 2.24) is 15.5 Å². The summed E-state index contributed by atoms with van der Waals surface area (Å²) in [5, 5.41) is 6.96. The molecule has 1 rings (SSSR count). The van der Waals surface area contributed by atoms with Gasteiger partial charge in [-0.15, -0.1) is 24.0 Å². The Kier molecular flexibility index (Phi) is 10.7. The van der Waals surface area contributed by atoms with Crippen LogP contribution >= 0.6 is 24.0 Å². The average Bonchev–Trinajstić information content (AvgIpc) is 2.88. The Balaban J connectivity index is 0.00000324. The van der Waals surface area contributed by atoms with Crippen LogP contribution in [0.5, 0.6) is 0 Å². The van der Waals surface area contributed by atoms with Crippen molar-refractivity contribution >= 4 is 29.9 Å². The number of hydrogen-bond acceptors (Lipinski definition) is 2. The summed E-state index contributed by atoms with van der Waals surface area (Å²) in [6.07, 6.45) is 5.27. The van der Waals surface area contributed by atoms with Gasteiger partial charge in [0.05, 0.1) is 0 Å². The number of likely N-dealkylation sites (N-methyl/N-ethyl adjacent to an activating group) is 1. The molecule has 0 heterocycles. The molecule has 0 aromatic heterocycles. The number of aliphatic imine (C=N–C) groups is 1. The van der Waals surface area contributed by atoms with Gasteiger partial charge in [0.2, 0.25) is 0 Å². The summed E-state index contributed by atoms with van der Waals surface area (Å²) in [7, 11) is 1.85. The Morgan fingerprint density at radius 2 is 1.84 bits per heavy atom. The molecule has 19 heavy (non-hydrogen) atoms. The molecule has 1 aliphatic rings. The van der Waals surface area contributed by atoms with Crippen LogP contribution in [0, 0.1) is 0 Å². The quantitative estimate of drug-likeness (QED) is 0.421. The molecule has 1 aliphatic carbocycles. The minimum absolute atomic E-state index is 0. The van der Waals surface area contributed by atoms with Crippen molar-refractivity contribution in [1.29, 1.82) is 0 Å². The van der Waals surface area contributed by atoms with Crippen molar-refractivity contribution in [2.75, 3.05) is 26.7 Å². The maximum Gasteiger partial charge on any atom is 0.191 e. The molecule has 0 aromatic rings. The van der Waals surface area contributed by atoms with Crippen molar-refractivity contribution in [2.45, 2.75) is 58.5 Å². The van der Waals surface area contributed by atoms with E-state index in [1.165, 1.54) is 25.7 Å². The second-order valence-electron chi connectivity index (χ2n) is 5.15. The Bertz CT molecular complexity index is 248. The van der Waals surface area contributed by atoms with Crippen LogP contribution in [0.15, 0.2) is 4.99 Å². The summed E-state index contributed by atoms with van der Waals surface area (Å²) in [6, 6.07) is 1.17. The number of guanidine groups is 1. The minimum Gasteiger partial charge on any atom is -0.355 e. The van der Waals surface area contributed by atoms with Gasteiger partial charge in [0.1, 0.15) is 0 Å². The van der Waals surface area contributed by atoms with E-state index in [-0.39, 0.29) is 24.0 Å². The monoisotopic (exact) mass is 382 g/mol. The highest BCUT2D eigenvalue weighted by molar-refractivity contribution is 14.0. The first kappa shape index (κ1) is 19.0. The topological polar surface area (TPSA) is 39.7 Å². The largest absolute Gasteiger partial charge is 0.355 e. The summed E-state index contributed by atoms with van der Waals surface area (Å²) in [6.45, 7) is 9.86. The number of nitrogens with one attached hydrogen (secondary N) is 2. The molecule has 1 fully saturated rings. The summed E-state index contributed by atoms with van der Waals surface area (Å²) in [4.78, 5) is 6.76. The third-order valence-electron chi connectivity index (χ3n) is 3.92. The summed E-state index contributed by atoms with van der Waals surface area (Å²) in [5.41, 5.74) is 0. The van der Waals surface area contributed by atoms with E-state index in [0.717, 1.165) is 25.6 Å². The molecule has 4 nitrogen and oxygen atoms in total. The molecular formula is C14H31IN4. The van der Waals surface area contributed by atoms with Crippen LogP contribution in [0.3, 0.4) is 0 Å². The molecule has 1 saturated carbocycles. The van der Waals surface area contributed by atoms with Gasteiger partial charge >= 0.3 is 0 Å². The lowest BCUT2D eigenvalue weighted by Gasteiger charge is -2.27. The van der Waals surface area contributed by atoms with Gasteiger partial charge < -0.3 is 10.6 Å². The van der Waals surface area contributed by atoms with Gasteiger partial charge in [0.25, 0.3) is 0 Å². The normalized spacial score (nSPS) is 18.3. The Morgan fingerprint density at radius 1 is 1.26 bits per heavy atom. The fraction of sp³-hybridized carbons (Fsp3) is 0.929. The highest BCUT2D eigenvalue weighted by Crippen LogP contribution is 2.17. The minimum atomic E-state index is 0. The molecule has 0 spiro atoms. The summed E-state index contributed by atoms with van der Waals surface area (Å²) < 4.78 is 0. The molecule has 2 N–H and O–H groups in total. The van der Waals surface area contributed by atoms with Crippen LogP contribution in [0.25, 0.3) is 0 Å². The van der Waals surface area contributed by atoms with Crippen molar-refractivity contribution < 1.29 is 0 Å². The zero-order chi connectivity index (χ0) is 13.4. The summed E-state index contributed by atoms with van der Waals surface area (Å²) >= 11 is 0. The van der Waals surface area contributed by atoms with E-state index in [4.69, 9.17) is 0 Å². The highest BCUT2D eigenvalue weighted by Gasteiger charge is 2.16. The lowest BCUT2D eigenvalue weighted by Crippen LogP contribution is -2.48. The summed E-state index contributed by atoms with van der Waals surface area (Å²) in [5.74, 6) is 0.959. The third-order valence-corrected chi connectivity index (χ3v) is 3.92. The van der Waals surface area contributed by atoms with Gasteiger partial charge in [0, 0.05) is 25.7 Å². The SMILES string of the molecule is CCN(CC)C(C)CNC(=NC)NC1CCCC1.I. The van der Waals surface area contributed by atoms with E-state index in [2.05, 4.69) is 41.3 Å². The van der Waals surface area contributed by atoms with E-state index in [1.54, 1.807) is 0 Å². The molecule has 114 valence electrons. The van der Waals surface area contributed by atoms with E-state index < -0.39 is 0 Å². The van der Waals surface area contributed by atoms with E-state index >= 15 is 0 Å². The second-order valence-corrected chi connectivity index (χ2v) is 5.15. The van der Waals surface area contributed by atoms with Gasteiger partial charge in [-0.25, -0.2) is 0 Å². The van der Waals surface area contributed by atoms with Crippen molar-refractivity contribution in [2.24, 2.45) is 4.99 Å². The molecular weight excluding hydrogens is 351 g/mol. The fourth-order valence-corrected chi connectivity index (χ4v) is 2.68. The van der Waals surface area contributed by atoms with Crippen molar-refractivity contribution in [3.63, 3.8) is 0 Å². The Morgan fingerprint density at radius 3 is 2.32 bits per heavy atom. The van der Waals surface area contributed by atoms with Crippen molar-refractivity contribution in [3.8, 4) is 0 Å². The number of hydrogen-bond donors (Lipinski definition) is 2. The predicted molar refractivity (Wildman–Crippen MR) is 94.6 cm³/mol. The van der Waals surface area contributed by atoms with E-state index in [0.29, 0.717) is 12.1 Å². The zero-order valence-corrected chi connectivity index (χ0v) is 15.2.